The zero-order valence-corrected chi connectivity index (χ0v) is 15.1. The number of hydrogen-bond acceptors (Lipinski definition) is 2. The van der Waals surface area contributed by atoms with Gasteiger partial charge in [0.2, 0.25) is 0 Å². The second-order valence-corrected chi connectivity index (χ2v) is 7.35. The molecule has 1 aromatic carbocycles. The van der Waals surface area contributed by atoms with Crippen molar-refractivity contribution in [3.05, 3.63) is 71.3 Å². The zero-order valence-electron chi connectivity index (χ0n) is 14.4. The molecule has 3 rings (SSSR count). The molecule has 0 amide bonds. The number of pyridine rings is 2. The molecule has 3 aromatic rings. The first-order chi connectivity index (χ1) is 11.4. The van der Waals surface area contributed by atoms with Gasteiger partial charge >= 0.3 is 0 Å². The summed E-state index contributed by atoms with van der Waals surface area (Å²) < 4.78 is 0. The Morgan fingerprint density at radius 1 is 1.04 bits per heavy atom. The van der Waals surface area contributed by atoms with Crippen LogP contribution in [0.3, 0.4) is 0 Å². The fraction of sp³-hybridized carbons (Fsp3) is 0.238. The molecule has 0 fully saturated rings. The third-order valence-electron chi connectivity index (χ3n) is 4.16. The highest BCUT2D eigenvalue weighted by Gasteiger charge is 2.17. The van der Waals surface area contributed by atoms with Crippen molar-refractivity contribution in [2.24, 2.45) is 0 Å². The first-order valence-electron chi connectivity index (χ1n) is 7.95. The smallest absolute Gasteiger partial charge is 0.0491 e. The van der Waals surface area contributed by atoms with Crippen LogP contribution in [0.25, 0.3) is 22.3 Å². The van der Waals surface area contributed by atoms with Gasteiger partial charge in [0.25, 0.3) is 0 Å². The Balaban J connectivity index is 2.15. The molecule has 121 valence electrons. The molecule has 1 radical (unpaired) electrons. The lowest BCUT2D eigenvalue weighted by molar-refractivity contribution is 0.569. The summed E-state index contributed by atoms with van der Waals surface area (Å²) in [5, 5.41) is 0.685. The van der Waals surface area contributed by atoms with Crippen molar-refractivity contribution in [3.63, 3.8) is 0 Å². The summed E-state index contributed by atoms with van der Waals surface area (Å²) in [5.74, 6) is 0. The molecule has 0 N–H and O–H groups in total. The lowest BCUT2D eigenvalue weighted by atomic mass is 9.89. The predicted molar refractivity (Wildman–Crippen MR) is 100 cm³/mol. The van der Waals surface area contributed by atoms with Crippen molar-refractivity contribution >= 4 is 11.6 Å². The van der Waals surface area contributed by atoms with E-state index in [-0.39, 0.29) is 5.41 Å². The molecule has 0 spiro atoms. The molecule has 0 aliphatic rings. The lowest BCUT2D eigenvalue weighted by Crippen LogP contribution is -2.13. The van der Waals surface area contributed by atoms with Gasteiger partial charge in [-0.05, 0) is 42.3 Å². The highest BCUT2D eigenvalue weighted by molar-refractivity contribution is 6.33. The molecule has 24 heavy (non-hydrogen) atoms. The van der Waals surface area contributed by atoms with Crippen LogP contribution in [-0.2, 0) is 5.41 Å². The van der Waals surface area contributed by atoms with E-state index in [2.05, 4.69) is 49.8 Å². The number of aromatic nitrogens is 2. The van der Waals surface area contributed by atoms with Crippen molar-refractivity contribution in [1.29, 1.82) is 0 Å². The summed E-state index contributed by atoms with van der Waals surface area (Å²) in [6.45, 7) is 8.61. The number of halogens is 1. The average molecular weight is 336 g/mol. The van der Waals surface area contributed by atoms with Gasteiger partial charge in [-0.25, -0.2) is 0 Å². The van der Waals surface area contributed by atoms with E-state index in [4.69, 9.17) is 11.6 Å². The minimum atomic E-state index is 0.00747. The van der Waals surface area contributed by atoms with Crippen LogP contribution >= 0.6 is 11.6 Å². The van der Waals surface area contributed by atoms with Crippen LogP contribution in [0.4, 0.5) is 0 Å². The summed E-state index contributed by atoms with van der Waals surface area (Å²) >= 11 is 6.35. The van der Waals surface area contributed by atoms with Crippen LogP contribution in [0, 0.1) is 13.0 Å². The Hall–Kier alpha value is -2.19. The van der Waals surface area contributed by atoms with E-state index in [1.54, 1.807) is 6.07 Å². The lowest BCUT2D eigenvalue weighted by Gasteiger charge is -2.19. The van der Waals surface area contributed by atoms with Gasteiger partial charge in [-0.1, -0.05) is 44.5 Å². The molecule has 2 aromatic heterocycles. The Bertz CT molecular complexity index is 879. The fourth-order valence-corrected chi connectivity index (χ4v) is 2.95. The molecule has 0 saturated carbocycles. The van der Waals surface area contributed by atoms with E-state index in [1.165, 1.54) is 0 Å². The second kappa shape index (κ2) is 6.37. The largest absolute Gasteiger partial charge is 0.263 e. The number of rotatable bonds is 2. The number of hydrogen-bond donors (Lipinski definition) is 0. The number of nitrogens with zero attached hydrogens (tertiary/aromatic N) is 2. The topological polar surface area (TPSA) is 25.8 Å². The van der Waals surface area contributed by atoms with E-state index in [0.717, 1.165) is 33.5 Å². The Morgan fingerprint density at radius 2 is 1.79 bits per heavy atom. The Labute approximate surface area is 148 Å². The maximum absolute atomic E-state index is 6.35. The molecule has 0 saturated heterocycles. The summed E-state index contributed by atoms with van der Waals surface area (Å²) in [6.07, 6.45) is 5.64. The molecular formula is C21H20ClN2. The second-order valence-electron chi connectivity index (χ2n) is 6.95. The van der Waals surface area contributed by atoms with Crippen LogP contribution in [0.5, 0.6) is 0 Å². The Morgan fingerprint density at radius 3 is 2.50 bits per heavy atom. The van der Waals surface area contributed by atoms with Crippen LogP contribution in [0.15, 0.2) is 48.9 Å². The molecule has 0 unspecified atom stereocenters. The van der Waals surface area contributed by atoms with Crippen molar-refractivity contribution in [2.75, 3.05) is 0 Å². The maximum atomic E-state index is 6.35. The molecule has 0 atom stereocenters. The van der Waals surface area contributed by atoms with Crippen LogP contribution in [0.2, 0.25) is 5.02 Å². The van der Waals surface area contributed by atoms with Gasteiger partial charge in [0, 0.05) is 51.4 Å². The van der Waals surface area contributed by atoms with Crippen molar-refractivity contribution in [1.82, 2.24) is 9.97 Å². The molecule has 2 nitrogen and oxygen atoms in total. The van der Waals surface area contributed by atoms with Gasteiger partial charge in [-0.3, -0.25) is 9.97 Å². The SMILES string of the molecule is Cc1c(-c2ccnc(C(C)(C)C)c2)cncc1-c1cc[c]cc1Cl. The van der Waals surface area contributed by atoms with E-state index in [0.29, 0.717) is 5.02 Å². The molecular weight excluding hydrogens is 316 g/mol. The highest BCUT2D eigenvalue weighted by Crippen LogP contribution is 2.35. The van der Waals surface area contributed by atoms with E-state index < -0.39 is 0 Å². The third kappa shape index (κ3) is 3.20. The minimum Gasteiger partial charge on any atom is -0.263 e. The normalized spacial score (nSPS) is 11.5. The van der Waals surface area contributed by atoms with Crippen LogP contribution in [-0.4, -0.2) is 9.97 Å². The molecule has 3 heteroatoms. The summed E-state index contributed by atoms with van der Waals surface area (Å²) in [5.41, 5.74) is 6.48. The standard InChI is InChI=1S/C21H20ClN2/c1-14-17(15-9-10-24-20(11-15)21(2,3)4)12-23-13-18(14)16-7-5-6-8-19(16)22/h5,7-13H,1-4H3. The first kappa shape index (κ1) is 16.7. The fourth-order valence-electron chi connectivity index (χ4n) is 2.72. The maximum Gasteiger partial charge on any atom is 0.0491 e. The zero-order chi connectivity index (χ0) is 17.3. The van der Waals surface area contributed by atoms with Crippen LogP contribution < -0.4 is 0 Å². The molecule has 2 heterocycles. The van der Waals surface area contributed by atoms with E-state index >= 15 is 0 Å². The Kier molecular flexibility index (Phi) is 4.42. The van der Waals surface area contributed by atoms with Gasteiger partial charge in [0.1, 0.15) is 0 Å². The predicted octanol–water partition coefficient (Wildman–Crippen LogP) is 5.87. The summed E-state index contributed by atoms with van der Waals surface area (Å²) in [4.78, 5) is 8.96. The van der Waals surface area contributed by atoms with E-state index in [1.807, 2.05) is 36.8 Å². The van der Waals surface area contributed by atoms with E-state index in [9.17, 15) is 0 Å². The number of benzene rings is 1. The highest BCUT2D eigenvalue weighted by atomic mass is 35.5. The quantitative estimate of drug-likeness (QED) is 0.585. The summed E-state index contributed by atoms with van der Waals surface area (Å²) in [6, 6.07) is 12.8. The van der Waals surface area contributed by atoms with Gasteiger partial charge < -0.3 is 0 Å². The van der Waals surface area contributed by atoms with Crippen molar-refractivity contribution < 1.29 is 0 Å². The van der Waals surface area contributed by atoms with Crippen molar-refractivity contribution in [3.8, 4) is 22.3 Å². The van der Waals surface area contributed by atoms with Gasteiger partial charge in [-0.2, -0.15) is 0 Å². The average Bonchev–Trinajstić information content (AvgIpc) is 2.55. The van der Waals surface area contributed by atoms with Gasteiger partial charge in [0.05, 0.1) is 0 Å². The molecule has 0 aliphatic heterocycles. The van der Waals surface area contributed by atoms with Gasteiger partial charge in [-0.15, -0.1) is 0 Å². The van der Waals surface area contributed by atoms with Crippen molar-refractivity contribution in [2.45, 2.75) is 33.1 Å². The molecule has 0 bridgehead atoms. The minimum absolute atomic E-state index is 0.00747. The first-order valence-corrected chi connectivity index (χ1v) is 8.33. The summed E-state index contributed by atoms with van der Waals surface area (Å²) in [7, 11) is 0. The monoisotopic (exact) mass is 335 g/mol. The third-order valence-corrected chi connectivity index (χ3v) is 4.47. The molecule has 0 aliphatic carbocycles. The van der Waals surface area contributed by atoms with Gasteiger partial charge in [0.15, 0.2) is 0 Å². The van der Waals surface area contributed by atoms with Crippen LogP contribution in [0.1, 0.15) is 32.0 Å².